The number of allylic oxidation sites excluding steroid dienone is 1. The smallest absolute Gasteiger partial charge is 0.338 e. The summed E-state index contributed by atoms with van der Waals surface area (Å²) in [5, 5.41) is 2.68. The fraction of sp³-hybridized carbons (Fsp3) is 0.517. The molecular formula is C29H37N3O5S. The fourth-order valence-corrected chi connectivity index (χ4v) is 6.22. The van der Waals surface area contributed by atoms with Crippen molar-refractivity contribution in [1.82, 2.24) is 9.80 Å². The SMILES string of the molecule is CCOC(=O)[C@H]1CCCN(C(=O)CC2=CSC3=NC(C)=C(C(=O)OC(C)C)[C@@H](c4ccc(C)cc4C)N23)C1. The first-order valence-corrected chi connectivity index (χ1v) is 14.2. The van der Waals surface area contributed by atoms with Crippen molar-refractivity contribution in [2.24, 2.45) is 10.9 Å². The first kappa shape index (κ1) is 28.0. The third-order valence-electron chi connectivity index (χ3n) is 7.01. The van der Waals surface area contributed by atoms with Gasteiger partial charge < -0.3 is 19.3 Å². The highest BCUT2D eigenvalue weighted by molar-refractivity contribution is 8.16. The van der Waals surface area contributed by atoms with Crippen molar-refractivity contribution in [3.8, 4) is 0 Å². The highest BCUT2D eigenvalue weighted by atomic mass is 32.2. The van der Waals surface area contributed by atoms with Crippen LogP contribution in [0.25, 0.3) is 0 Å². The molecule has 1 amide bonds. The van der Waals surface area contributed by atoms with E-state index in [-0.39, 0.29) is 30.3 Å². The van der Waals surface area contributed by atoms with Crippen LogP contribution in [0.15, 0.2) is 45.6 Å². The van der Waals surface area contributed by atoms with E-state index in [0.717, 1.165) is 40.4 Å². The lowest BCUT2D eigenvalue weighted by molar-refractivity contribution is -0.151. The minimum atomic E-state index is -0.461. The Balaban J connectivity index is 1.64. The van der Waals surface area contributed by atoms with Crippen molar-refractivity contribution >= 4 is 34.8 Å². The van der Waals surface area contributed by atoms with E-state index in [4.69, 9.17) is 14.5 Å². The van der Waals surface area contributed by atoms with E-state index in [0.29, 0.717) is 31.0 Å². The first-order valence-electron chi connectivity index (χ1n) is 13.3. The van der Waals surface area contributed by atoms with Crippen LogP contribution in [0.1, 0.15) is 69.7 Å². The number of thioether (sulfide) groups is 1. The van der Waals surface area contributed by atoms with Gasteiger partial charge >= 0.3 is 11.9 Å². The van der Waals surface area contributed by atoms with Gasteiger partial charge in [-0.15, -0.1) is 0 Å². The summed E-state index contributed by atoms with van der Waals surface area (Å²) in [4.78, 5) is 47.7. The van der Waals surface area contributed by atoms with Crippen LogP contribution >= 0.6 is 11.8 Å². The lowest BCUT2D eigenvalue weighted by Crippen LogP contribution is -2.44. The summed E-state index contributed by atoms with van der Waals surface area (Å²) in [6, 6.07) is 5.72. The molecule has 0 bridgehead atoms. The second kappa shape index (κ2) is 11.8. The van der Waals surface area contributed by atoms with E-state index in [1.54, 1.807) is 11.8 Å². The number of benzene rings is 1. The third kappa shape index (κ3) is 5.82. The van der Waals surface area contributed by atoms with E-state index in [2.05, 4.69) is 6.07 Å². The molecule has 1 aromatic carbocycles. The van der Waals surface area contributed by atoms with E-state index in [9.17, 15) is 14.4 Å². The molecular weight excluding hydrogens is 502 g/mol. The summed E-state index contributed by atoms with van der Waals surface area (Å²) >= 11 is 1.46. The van der Waals surface area contributed by atoms with Gasteiger partial charge in [-0.25, -0.2) is 9.79 Å². The number of hydrogen-bond donors (Lipinski definition) is 0. The number of piperidine rings is 1. The molecule has 0 saturated carbocycles. The maximum absolute atomic E-state index is 13.5. The number of ether oxygens (including phenoxy) is 2. The number of rotatable bonds is 7. The zero-order valence-electron chi connectivity index (χ0n) is 23.1. The Kier molecular flexibility index (Phi) is 8.65. The van der Waals surface area contributed by atoms with Crippen LogP contribution in [-0.2, 0) is 23.9 Å². The number of fused-ring (bicyclic) bond motifs is 1. The molecule has 0 aliphatic carbocycles. The molecule has 8 nitrogen and oxygen atoms in total. The highest BCUT2D eigenvalue weighted by Gasteiger charge is 2.42. The van der Waals surface area contributed by atoms with Crippen LogP contribution in [-0.4, -0.2) is 58.6 Å². The van der Waals surface area contributed by atoms with Crippen molar-refractivity contribution in [2.75, 3.05) is 19.7 Å². The van der Waals surface area contributed by atoms with Crippen molar-refractivity contribution in [3.63, 3.8) is 0 Å². The molecule has 3 heterocycles. The second-order valence-corrected chi connectivity index (χ2v) is 11.2. The monoisotopic (exact) mass is 539 g/mol. The number of esters is 2. The number of amidine groups is 1. The predicted molar refractivity (Wildman–Crippen MR) is 148 cm³/mol. The van der Waals surface area contributed by atoms with E-state index in [1.165, 1.54) is 11.8 Å². The molecule has 204 valence electrons. The molecule has 2 atom stereocenters. The van der Waals surface area contributed by atoms with Crippen LogP contribution < -0.4 is 0 Å². The summed E-state index contributed by atoms with van der Waals surface area (Å²) in [5.74, 6) is -0.988. The third-order valence-corrected chi connectivity index (χ3v) is 7.90. The molecule has 9 heteroatoms. The topological polar surface area (TPSA) is 88.5 Å². The molecule has 1 fully saturated rings. The van der Waals surface area contributed by atoms with Crippen LogP contribution in [0.2, 0.25) is 0 Å². The molecule has 4 rings (SSSR count). The number of nitrogens with zero attached hydrogens (tertiary/aromatic N) is 3. The van der Waals surface area contributed by atoms with Gasteiger partial charge in [-0.05, 0) is 70.9 Å². The molecule has 0 spiro atoms. The molecule has 0 radical (unpaired) electrons. The Morgan fingerprint density at radius 3 is 2.63 bits per heavy atom. The van der Waals surface area contributed by atoms with Gasteiger partial charge in [0, 0.05) is 18.8 Å². The van der Waals surface area contributed by atoms with Gasteiger partial charge in [0.15, 0.2) is 5.17 Å². The lowest BCUT2D eigenvalue weighted by atomic mass is 9.90. The molecule has 1 aromatic rings. The van der Waals surface area contributed by atoms with Gasteiger partial charge in [-0.3, -0.25) is 9.59 Å². The quantitative estimate of drug-likeness (QED) is 0.450. The Morgan fingerprint density at radius 1 is 1.18 bits per heavy atom. The fourth-order valence-electron chi connectivity index (χ4n) is 5.26. The minimum Gasteiger partial charge on any atom is -0.466 e. The van der Waals surface area contributed by atoms with Crippen LogP contribution in [0.3, 0.4) is 0 Å². The zero-order valence-corrected chi connectivity index (χ0v) is 23.9. The number of aryl methyl sites for hydroxylation is 2. The second-order valence-electron chi connectivity index (χ2n) is 10.3. The summed E-state index contributed by atoms with van der Waals surface area (Å²) < 4.78 is 10.9. The van der Waals surface area contributed by atoms with Gasteiger partial charge in [0.1, 0.15) is 0 Å². The summed E-state index contributed by atoms with van der Waals surface area (Å²) in [6.45, 7) is 12.7. The number of carbonyl (C=O) groups is 3. The predicted octanol–water partition coefficient (Wildman–Crippen LogP) is 5.02. The summed E-state index contributed by atoms with van der Waals surface area (Å²) in [5.41, 5.74) is 5.04. The van der Waals surface area contributed by atoms with Crippen molar-refractivity contribution in [1.29, 1.82) is 0 Å². The van der Waals surface area contributed by atoms with Gasteiger partial charge in [0.25, 0.3) is 0 Å². The molecule has 3 aliphatic heterocycles. The molecule has 0 aromatic heterocycles. The standard InChI is InChI=1S/C29H37N3O5S/c1-7-36-27(34)21-9-8-12-31(15-21)24(33)14-22-16-38-29-30-20(6)25(28(35)37-17(2)3)26(32(22)29)23-11-10-18(4)13-19(23)5/h10-11,13,16-17,21,26H,7-9,12,14-15H2,1-6H3/t21-,26+/m0/s1. The molecule has 0 N–H and O–H groups in total. The molecule has 38 heavy (non-hydrogen) atoms. The Morgan fingerprint density at radius 2 is 1.95 bits per heavy atom. The van der Waals surface area contributed by atoms with Crippen molar-refractivity contribution in [2.45, 2.75) is 73.0 Å². The highest BCUT2D eigenvalue weighted by Crippen LogP contribution is 2.46. The maximum atomic E-state index is 13.5. The van der Waals surface area contributed by atoms with Crippen LogP contribution in [0.4, 0.5) is 0 Å². The van der Waals surface area contributed by atoms with Crippen molar-refractivity contribution < 1.29 is 23.9 Å². The minimum absolute atomic E-state index is 0.0518. The molecule has 0 unspecified atom stereocenters. The number of hydrogen-bond acceptors (Lipinski definition) is 8. The van der Waals surface area contributed by atoms with E-state index < -0.39 is 12.0 Å². The number of likely N-dealkylation sites (tertiary alicyclic amines) is 1. The lowest BCUT2D eigenvalue weighted by Gasteiger charge is -2.38. The van der Waals surface area contributed by atoms with Crippen LogP contribution in [0, 0.1) is 19.8 Å². The van der Waals surface area contributed by atoms with E-state index >= 15 is 0 Å². The van der Waals surface area contributed by atoms with Gasteiger partial charge in [0.05, 0.1) is 42.4 Å². The van der Waals surface area contributed by atoms with Gasteiger partial charge in [-0.1, -0.05) is 35.5 Å². The first-order chi connectivity index (χ1) is 18.1. The average Bonchev–Trinajstić information content (AvgIpc) is 3.25. The van der Waals surface area contributed by atoms with Crippen molar-refractivity contribution in [3.05, 3.63) is 57.3 Å². The summed E-state index contributed by atoms with van der Waals surface area (Å²) in [6.07, 6.45) is 1.36. The molecule has 1 saturated heterocycles. The Bertz CT molecular complexity index is 1220. The van der Waals surface area contributed by atoms with Crippen LogP contribution in [0.5, 0.6) is 0 Å². The summed E-state index contributed by atoms with van der Waals surface area (Å²) in [7, 11) is 0. The zero-order chi connectivity index (χ0) is 27.6. The Labute approximate surface area is 229 Å². The van der Waals surface area contributed by atoms with E-state index in [1.807, 2.05) is 57.1 Å². The molecule has 3 aliphatic rings. The van der Waals surface area contributed by atoms with Gasteiger partial charge in [-0.2, -0.15) is 0 Å². The normalized spacial score (nSPS) is 21.2. The maximum Gasteiger partial charge on any atom is 0.338 e. The number of carbonyl (C=O) groups excluding carboxylic acids is 3. The largest absolute Gasteiger partial charge is 0.466 e. The Hall–Kier alpha value is -3.07. The number of amides is 1. The van der Waals surface area contributed by atoms with Gasteiger partial charge in [0.2, 0.25) is 5.91 Å². The average molecular weight is 540 g/mol. The number of aliphatic imine (C=N–C) groups is 1.